The molecule has 1 fully saturated rings. The van der Waals surface area contributed by atoms with Crippen molar-refractivity contribution in [3.8, 4) is 0 Å². The van der Waals surface area contributed by atoms with Crippen LogP contribution in [0.2, 0.25) is 0 Å². The molecule has 2 N–H and O–H groups in total. The Bertz CT molecular complexity index is 629. The number of esters is 1. The standard InChI is InChI=1S/C20H33N3O6/c1-3-27-20(25)14(2)28-13-17-21-19(29-23-17)16(12-18(24)22-26)11-7-10-15-8-5-4-6-9-15/h14-16,26H,3-13H2,1-2H3,(H,22,24). The van der Waals surface area contributed by atoms with Crippen molar-refractivity contribution in [2.24, 2.45) is 5.92 Å². The quantitative estimate of drug-likeness (QED) is 0.305. The fourth-order valence-electron chi connectivity index (χ4n) is 3.73. The van der Waals surface area contributed by atoms with Crippen LogP contribution in [-0.4, -0.2) is 39.9 Å². The van der Waals surface area contributed by atoms with Crippen LogP contribution in [0.5, 0.6) is 0 Å². The van der Waals surface area contributed by atoms with Gasteiger partial charge in [-0.25, -0.2) is 10.3 Å². The van der Waals surface area contributed by atoms with Gasteiger partial charge in [-0.2, -0.15) is 4.98 Å². The van der Waals surface area contributed by atoms with E-state index in [4.69, 9.17) is 19.2 Å². The van der Waals surface area contributed by atoms with Gasteiger partial charge in [-0.1, -0.05) is 50.1 Å². The van der Waals surface area contributed by atoms with Crippen LogP contribution >= 0.6 is 0 Å². The zero-order chi connectivity index (χ0) is 21.1. The number of hydrogen-bond donors (Lipinski definition) is 2. The molecule has 2 atom stereocenters. The van der Waals surface area contributed by atoms with Gasteiger partial charge in [0.25, 0.3) is 0 Å². The van der Waals surface area contributed by atoms with Crippen molar-refractivity contribution in [2.45, 2.75) is 90.3 Å². The van der Waals surface area contributed by atoms with Gasteiger partial charge >= 0.3 is 5.97 Å². The van der Waals surface area contributed by atoms with Crippen LogP contribution in [0.1, 0.15) is 89.3 Å². The van der Waals surface area contributed by atoms with Crippen molar-refractivity contribution in [2.75, 3.05) is 6.61 Å². The Labute approximate surface area is 171 Å². The molecule has 1 aromatic rings. The molecule has 1 amide bonds. The highest BCUT2D eigenvalue weighted by Gasteiger charge is 2.24. The van der Waals surface area contributed by atoms with E-state index in [1.165, 1.54) is 32.1 Å². The van der Waals surface area contributed by atoms with Gasteiger partial charge in [0.1, 0.15) is 6.61 Å². The number of hydrogen-bond acceptors (Lipinski definition) is 8. The third-order valence-corrected chi connectivity index (χ3v) is 5.36. The van der Waals surface area contributed by atoms with Crippen molar-refractivity contribution in [3.05, 3.63) is 11.7 Å². The van der Waals surface area contributed by atoms with Crippen molar-refractivity contribution in [3.63, 3.8) is 0 Å². The monoisotopic (exact) mass is 411 g/mol. The molecule has 1 heterocycles. The summed E-state index contributed by atoms with van der Waals surface area (Å²) in [6.07, 6.45) is 8.65. The number of nitrogens with one attached hydrogen (secondary N) is 1. The fourth-order valence-corrected chi connectivity index (χ4v) is 3.73. The minimum atomic E-state index is -0.733. The van der Waals surface area contributed by atoms with Crippen molar-refractivity contribution in [1.82, 2.24) is 15.6 Å². The molecule has 0 bridgehead atoms. The van der Waals surface area contributed by atoms with Gasteiger partial charge in [-0.05, 0) is 26.2 Å². The highest BCUT2D eigenvalue weighted by molar-refractivity contribution is 5.75. The van der Waals surface area contributed by atoms with E-state index in [-0.39, 0.29) is 25.6 Å². The summed E-state index contributed by atoms with van der Waals surface area (Å²) >= 11 is 0. The first-order valence-electron chi connectivity index (χ1n) is 10.6. The second-order valence-electron chi connectivity index (χ2n) is 7.63. The lowest BCUT2D eigenvalue weighted by atomic mass is 9.84. The molecule has 0 saturated heterocycles. The van der Waals surface area contributed by atoms with Gasteiger partial charge in [0.05, 0.1) is 6.61 Å². The first-order valence-corrected chi connectivity index (χ1v) is 10.6. The zero-order valence-corrected chi connectivity index (χ0v) is 17.4. The molecule has 0 aliphatic heterocycles. The summed E-state index contributed by atoms with van der Waals surface area (Å²) in [5.74, 6) is 0.204. The first kappa shape index (κ1) is 23.3. The molecule has 9 nitrogen and oxygen atoms in total. The molecule has 29 heavy (non-hydrogen) atoms. The Balaban J connectivity index is 1.88. The van der Waals surface area contributed by atoms with E-state index in [1.807, 2.05) is 0 Å². The second kappa shape index (κ2) is 12.5. The van der Waals surface area contributed by atoms with Crippen LogP contribution in [0.25, 0.3) is 0 Å². The van der Waals surface area contributed by atoms with Crippen LogP contribution in [0.4, 0.5) is 0 Å². The van der Waals surface area contributed by atoms with Crippen LogP contribution < -0.4 is 5.48 Å². The largest absolute Gasteiger partial charge is 0.464 e. The summed E-state index contributed by atoms with van der Waals surface area (Å²) in [6, 6.07) is 0. The predicted octanol–water partition coefficient (Wildman–Crippen LogP) is 3.27. The van der Waals surface area contributed by atoms with Crippen LogP contribution in [-0.2, 0) is 25.7 Å². The van der Waals surface area contributed by atoms with Crippen molar-refractivity contribution >= 4 is 11.9 Å². The predicted molar refractivity (Wildman–Crippen MR) is 103 cm³/mol. The van der Waals surface area contributed by atoms with Crippen LogP contribution in [0.15, 0.2) is 4.52 Å². The molecule has 2 rings (SSSR count). The van der Waals surface area contributed by atoms with Gasteiger partial charge < -0.3 is 14.0 Å². The third kappa shape index (κ3) is 8.10. The Morgan fingerprint density at radius 1 is 1.31 bits per heavy atom. The Kier molecular flexibility index (Phi) is 10.1. The van der Waals surface area contributed by atoms with E-state index in [0.717, 1.165) is 25.2 Å². The SMILES string of the molecule is CCOC(=O)C(C)OCc1noc(C(CCCC2CCCCC2)CC(=O)NO)n1. The van der Waals surface area contributed by atoms with Gasteiger partial charge in [-0.3, -0.25) is 10.0 Å². The molecule has 2 unspecified atom stereocenters. The van der Waals surface area contributed by atoms with Crippen molar-refractivity contribution in [1.29, 1.82) is 0 Å². The number of carbonyl (C=O) groups is 2. The minimum absolute atomic E-state index is 0.00444. The maximum absolute atomic E-state index is 11.7. The van der Waals surface area contributed by atoms with Crippen LogP contribution in [0.3, 0.4) is 0 Å². The highest BCUT2D eigenvalue weighted by Crippen LogP contribution is 2.31. The number of carbonyl (C=O) groups excluding carboxylic acids is 2. The van der Waals surface area contributed by atoms with E-state index < -0.39 is 18.0 Å². The molecule has 1 saturated carbocycles. The van der Waals surface area contributed by atoms with Crippen LogP contribution in [0, 0.1) is 5.92 Å². The second-order valence-corrected chi connectivity index (χ2v) is 7.63. The van der Waals surface area contributed by atoms with Gasteiger partial charge in [0.15, 0.2) is 11.9 Å². The first-order chi connectivity index (χ1) is 14.0. The van der Waals surface area contributed by atoms with E-state index in [2.05, 4.69) is 10.1 Å². The normalized spacial score (nSPS) is 16.9. The summed E-state index contributed by atoms with van der Waals surface area (Å²) in [7, 11) is 0. The smallest absolute Gasteiger partial charge is 0.334 e. The maximum Gasteiger partial charge on any atom is 0.334 e. The van der Waals surface area contributed by atoms with E-state index in [0.29, 0.717) is 11.7 Å². The third-order valence-electron chi connectivity index (χ3n) is 5.36. The summed E-state index contributed by atoms with van der Waals surface area (Å²) in [6.45, 7) is 3.62. The fraction of sp³-hybridized carbons (Fsp3) is 0.800. The minimum Gasteiger partial charge on any atom is -0.464 e. The molecule has 0 spiro atoms. The zero-order valence-electron chi connectivity index (χ0n) is 17.4. The van der Waals surface area contributed by atoms with Gasteiger partial charge in [0.2, 0.25) is 11.8 Å². The summed E-state index contributed by atoms with van der Waals surface area (Å²) < 4.78 is 15.6. The average Bonchev–Trinajstić information content (AvgIpc) is 3.21. The molecule has 1 aliphatic rings. The summed E-state index contributed by atoms with van der Waals surface area (Å²) in [5, 5.41) is 12.8. The van der Waals surface area contributed by atoms with E-state index in [1.54, 1.807) is 19.3 Å². The molecule has 1 aromatic heterocycles. The number of ether oxygens (including phenoxy) is 2. The average molecular weight is 411 g/mol. The van der Waals surface area contributed by atoms with E-state index >= 15 is 0 Å². The lowest BCUT2D eigenvalue weighted by molar-refractivity contribution is -0.156. The summed E-state index contributed by atoms with van der Waals surface area (Å²) in [5.41, 5.74) is 1.67. The molecular weight excluding hydrogens is 378 g/mol. The number of hydroxylamine groups is 1. The molecule has 0 aromatic carbocycles. The van der Waals surface area contributed by atoms with Crippen molar-refractivity contribution < 1.29 is 28.8 Å². The number of nitrogens with zero attached hydrogens (tertiary/aromatic N) is 2. The number of amides is 1. The lowest BCUT2D eigenvalue weighted by Gasteiger charge is -2.22. The summed E-state index contributed by atoms with van der Waals surface area (Å²) in [4.78, 5) is 27.6. The van der Waals surface area contributed by atoms with Gasteiger partial charge in [0, 0.05) is 12.3 Å². The number of rotatable bonds is 12. The molecule has 164 valence electrons. The Morgan fingerprint density at radius 3 is 2.76 bits per heavy atom. The Hall–Kier alpha value is -2.00. The molecule has 9 heteroatoms. The lowest BCUT2D eigenvalue weighted by Crippen LogP contribution is -2.23. The number of aromatic nitrogens is 2. The highest BCUT2D eigenvalue weighted by atomic mass is 16.6. The Morgan fingerprint density at radius 2 is 2.07 bits per heavy atom. The molecule has 1 aliphatic carbocycles. The topological polar surface area (TPSA) is 124 Å². The maximum atomic E-state index is 11.7. The van der Waals surface area contributed by atoms with E-state index in [9.17, 15) is 9.59 Å². The molecule has 0 radical (unpaired) electrons. The molecular formula is C20H33N3O6. The van der Waals surface area contributed by atoms with Gasteiger partial charge in [-0.15, -0.1) is 0 Å².